The van der Waals surface area contributed by atoms with E-state index < -0.39 is 0 Å². The van der Waals surface area contributed by atoms with Gasteiger partial charge in [0.2, 0.25) is 5.89 Å². The van der Waals surface area contributed by atoms with Crippen LogP contribution in [0.5, 0.6) is 0 Å². The van der Waals surface area contributed by atoms with Crippen LogP contribution in [0.15, 0.2) is 33.3 Å². The molecule has 2 rings (SSSR count). The fraction of sp³-hybridized carbons (Fsp3) is 0.286. The Morgan fingerprint density at radius 3 is 2.89 bits per heavy atom. The van der Waals surface area contributed by atoms with Gasteiger partial charge in [-0.1, -0.05) is 22.9 Å². The van der Waals surface area contributed by atoms with Crippen LogP contribution in [-0.4, -0.2) is 10.9 Å². The zero-order valence-electron chi connectivity index (χ0n) is 10.9. The van der Waals surface area contributed by atoms with Gasteiger partial charge in [0.25, 0.3) is 5.91 Å². The Morgan fingerprint density at radius 2 is 2.26 bits per heavy atom. The van der Waals surface area contributed by atoms with Crippen molar-refractivity contribution in [2.45, 2.75) is 26.8 Å². The standard InChI is InChI=1S/C14H15BrN2O2/c1-3-11-7-16-13(19-11)8-17-14(18)10-4-5-12(15)9(2)6-10/h4-7H,3,8H2,1-2H3,(H,17,18). The van der Waals surface area contributed by atoms with Crippen molar-refractivity contribution in [3.63, 3.8) is 0 Å². The smallest absolute Gasteiger partial charge is 0.251 e. The van der Waals surface area contributed by atoms with E-state index in [2.05, 4.69) is 26.2 Å². The summed E-state index contributed by atoms with van der Waals surface area (Å²) in [6, 6.07) is 5.48. The van der Waals surface area contributed by atoms with Gasteiger partial charge in [-0.25, -0.2) is 4.98 Å². The second-order valence-electron chi connectivity index (χ2n) is 4.22. The molecule has 1 heterocycles. The van der Waals surface area contributed by atoms with Gasteiger partial charge in [-0.3, -0.25) is 4.79 Å². The summed E-state index contributed by atoms with van der Waals surface area (Å²) < 4.78 is 6.42. The molecular formula is C14H15BrN2O2. The highest BCUT2D eigenvalue weighted by Gasteiger charge is 2.09. The molecule has 100 valence electrons. The third kappa shape index (κ3) is 3.44. The number of carbonyl (C=O) groups is 1. The largest absolute Gasteiger partial charge is 0.444 e. The van der Waals surface area contributed by atoms with E-state index in [1.807, 2.05) is 26.0 Å². The van der Waals surface area contributed by atoms with Crippen LogP contribution in [0.1, 0.15) is 34.5 Å². The first kappa shape index (κ1) is 13.8. The molecule has 0 saturated carbocycles. The van der Waals surface area contributed by atoms with E-state index >= 15 is 0 Å². The van der Waals surface area contributed by atoms with Crippen LogP contribution in [0.3, 0.4) is 0 Å². The molecule has 0 aliphatic carbocycles. The predicted molar refractivity (Wildman–Crippen MR) is 75.9 cm³/mol. The number of benzene rings is 1. The molecule has 1 aromatic heterocycles. The minimum atomic E-state index is -0.133. The summed E-state index contributed by atoms with van der Waals surface area (Å²) in [5.41, 5.74) is 1.65. The Morgan fingerprint density at radius 1 is 1.47 bits per heavy atom. The Kier molecular flexibility index (Phi) is 4.37. The molecule has 0 saturated heterocycles. The number of hydrogen-bond acceptors (Lipinski definition) is 3. The van der Waals surface area contributed by atoms with Gasteiger partial charge in [0.1, 0.15) is 5.76 Å². The molecule has 0 aliphatic heterocycles. The summed E-state index contributed by atoms with van der Waals surface area (Å²) in [5, 5.41) is 2.79. The van der Waals surface area contributed by atoms with Crippen molar-refractivity contribution in [3.8, 4) is 0 Å². The molecule has 0 radical (unpaired) electrons. The number of aromatic nitrogens is 1. The summed E-state index contributed by atoms with van der Waals surface area (Å²) in [4.78, 5) is 16.1. The quantitative estimate of drug-likeness (QED) is 0.940. The number of hydrogen-bond donors (Lipinski definition) is 1. The van der Waals surface area contributed by atoms with Crippen molar-refractivity contribution in [3.05, 3.63) is 51.6 Å². The van der Waals surface area contributed by atoms with Crippen molar-refractivity contribution >= 4 is 21.8 Å². The lowest BCUT2D eigenvalue weighted by atomic mass is 10.1. The molecule has 1 amide bonds. The van der Waals surface area contributed by atoms with Gasteiger partial charge in [-0.05, 0) is 30.7 Å². The summed E-state index contributed by atoms with van der Waals surface area (Å²) in [6.45, 7) is 4.24. The molecule has 1 N–H and O–H groups in total. The monoisotopic (exact) mass is 322 g/mol. The molecule has 4 nitrogen and oxygen atoms in total. The van der Waals surface area contributed by atoms with Crippen LogP contribution in [-0.2, 0) is 13.0 Å². The van der Waals surface area contributed by atoms with Crippen molar-refractivity contribution < 1.29 is 9.21 Å². The van der Waals surface area contributed by atoms with Crippen LogP contribution in [0.4, 0.5) is 0 Å². The van der Waals surface area contributed by atoms with E-state index in [4.69, 9.17) is 4.42 Å². The first-order valence-electron chi connectivity index (χ1n) is 6.08. The van der Waals surface area contributed by atoms with Gasteiger partial charge in [0, 0.05) is 16.5 Å². The van der Waals surface area contributed by atoms with Gasteiger partial charge in [0.05, 0.1) is 12.7 Å². The number of rotatable bonds is 4. The fourth-order valence-electron chi connectivity index (χ4n) is 1.64. The van der Waals surface area contributed by atoms with Gasteiger partial charge in [-0.2, -0.15) is 0 Å². The number of nitrogens with zero attached hydrogens (tertiary/aromatic N) is 1. The van der Waals surface area contributed by atoms with Crippen molar-refractivity contribution in [1.29, 1.82) is 0 Å². The van der Waals surface area contributed by atoms with Gasteiger partial charge in [0.15, 0.2) is 0 Å². The highest BCUT2D eigenvalue weighted by molar-refractivity contribution is 9.10. The minimum Gasteiger partial charge on any atom is -0.444 e. The van der Waals surface area contributed by atoms with E-state index in [-0.39, 0.29) is 5.91 Å². The lowest BCUT2D eigenvalue weighted by Gasteiger charge is -2.05. The van der Waals surface area contributed by atoms with Crippen LogP contribution < -0.4 is 5.32 Å². The first-order chi connectivity index (χ1) is 9.10. The van der Waals surface area contributed by atoms with Crippen LogP contribution in [0, 0.1) is 6.92 Å². The molecular weight excluding hydrogens is 308 g/mol. The lowest BCUT2D eigenvalue weighted by molar-refractivity contribution is 0.0947. The van der Waals surface area contributed by atoms with E-state index in [9.17, 15) is 4.79 Å². The highest BCUT2D eigenvalue weighted by Crippen LogP contribution is 2.17. The number of halogens is 1. The highest BCUT2D eigenvalue weighted by atomic mass is 79.9. The number of nitrogens with one attached hydrogen (secondary N) is 1. The lowest BCUT2D eigenvalue weighted by Crippen LogP contribution is -2.23. The second-order valence-corrected chi connectivity index (χ2v) is 5.07. The van der Waals surface area contributed by atoms with Crippen LogP contribution >= 0.6 is 15.9 Å². The number of amides is 1. The molecule has 0 aliphatic rings. The average Bonchev–Trinajstić information content (AvgIpc) is 2.87. The van der Waals surface area contributed by atoms with Crippen LogP contribution in [0.2, 0.25) is 0 Å². The summed E-state index contributed by atoms with van der Waals surface area (Å²) in [5.74, 6) is 1.22. The molecule has 0 bridgehead atoms. The van der Waals surface area contributed by atoms with Crippen molar-refractivity contribution in [2.24, 2.45) is 0 Å². The minimum absolute atomic E-state index is 0.133. The maximum atomic E-state index is 12.0. The molecule has 0 fully saturated rings. The molecule has 0 spiro atoms. The number of oxazole rings is 1. The van der Waals surface area contributed by atoms with Crippen LogP contribution in [0.25, 0.3) is 0 Å². The maximum absolute atomic E-state index is 12.0. The maximum Gasteiger partial charge on any atom is 0.251 e. The predicted octanol–water partition coefficient (Wildman–Crippen LogP) is 3.24. The second kappa shape index (κ2) is 6.02. The molecule has 19 heavy (non-hydrogen) atoms. The third-order valence-corrected chi connectivity index (χ3v) is 3.66. The molecule has 2 aromatic rings. The third-order valence-electron chi connectivity index (χ3n) is 2.77. The first-order valence-corrected chi connectivity index (χ1v) is 6.87. The Hall–Kier alpha value is -1.62. The summed E-state index contributed by atoms with van der Waals surface area (Å²) in [7, 11) is 0. The SMILES string of the molecule is CCc1cnc(CNC(=O)c2ccc(Br)c(C)c2)o1. The summed E-state index contributed by atoms with van der Waals surface area (Å²) in [6.07, 6.45) is 2.48. The normalized spacial score (nSPS) is 10.5. The zero-order chi connectivity index (χ0) is 13.8. The van der Waals surface area contributed by atoms with Crippen molar-refractivity contribution in [1.82, 2.24) is 10.3 Å². The van der Waals surface area contributed by atoms with E-state index in [0.717, 1.165) is 22.2 Å². The van der Waals surface area contributed by atoms with E-state index in [0.29, 0.717) is 18.0 Å². The molecule has 0 atom stereocenters. The Balaban J connectivity index is 1.99. The zero-order valence-corrected chi connectivity index (χ0v) is 12.5. The van der Waals surface area contributed by atoms with E-state index in [1.165, 1.54) is 0 Å². The van der Waals surface area contributed by atoms with Gasteiger partial charge < -0.3 is 9.73 Å². The topological polar surface area (TPSA) is 55.1 Å². The molecule has 5 heteroatoms. The summed E-state index contributed by atoms with van der Waals surface area (Å²) >= 11 is 3.41. The van der Waals surface area contributed by atoms with Gasteiger partial charge in [-0.15, -0.1) is 0 Å². The Labute approximate surface area is 120 Å². The molecule has 0 unspecified atom stereocenters. The van der Waals surface area contributed by atoms with Crippen molar-refractivity contribution in [2.75, 3.05) is 0 Å². The average molecular weight is 323 g/mol. The molecule has 1 aromatic carbocycles. The number of aryl methyl sites for hydroxylation is 2. The van der Waals surface area contributed by atoms with Gasteiger partial charge >= 0.3 is 0 Å². The fourth-order valence-corrected chi connectivity index (χ4v) is 1.88. The number of carbonyl (C=O) groups excluding carboxylic acids is 1. The van der Waals surface area contributed by atoms with E-state index in [1.54, 1.807) is 12.3 Å². The Bertz CT molecular complexity index is 593.